The van der Waals surface area contributed by atoms with Gasteiger partial charge in [-0.15, -0.1) is 5.10 Å². The summed E-state index contributed by atoms with van der Waals surface area (Å²) in [7, 11) is 1.59. The lowest BCUT2D eigenvalue weighted by Crippen LogP contribution is -2.24. The summed E-state index contributed by atoms with van der Waals surface area (Å²) in [5.41, 5.74) is 1.95. The van der Waals surface area contributed by atoms with Gasteiger partial charge in [0.1, 0.15) is 0 Å². The minimum Gasteiger partial charge on any atom is -0.480 e. The van der Waals surface area contributed by atoms with E-state index in [0.29, 0.717) is 11.9 Å². The van der Waals surface area contributed by atoms with Crippen LogP contribution < -0.4 is 10.1 Å². The van der Waals surface area contributed by atoms with E-state index in [2.05, 4.69) is 47.5 Å². The first-order valence-corrected chi connectivity index (χ1v) is 7.29. The monoisotopic (exact) mass is 289 g/mol. The minimum atomic E-state index is 0.101. The van der Waals surface area contributed by atoms with Crippen molar-refractivity contribution in [2.75, 3.05) is 13.7 Å². The van der Waals surface area contributed by atoms with E-state index in [0.717, 1.165) is 24.4 Å². The van der Waals surface area contributed by atoms with Crippen molar-refractivity contribution in [2.24, 2.45) is 0 Å². The molecule has 0 bridgehead atoms. The van der Waals surface area contributed by atoms with E-state index >= 15 is 0 Å². The molecule has 0 fully saturated rings. The van der Waals surface area contributed by atoms with Crippen LogP contribution in [0.5, 0.6) is 5.88 Å². The molecule has 0 radical (unpaired) electrons. The van der Waals surface area contributed by atoms with Crippen LogP contribution in [0.2, 0.25) is 0 Å². The number of likely N-dealkylation sites (N-methyl/N-ethyl adjacent to an activating group) is 1. The lowest BCUT2D eigenvalue weighted by molar-refractivity contribution is 0.389. The van der Waals surface area contributed by atoms with Crippen LogP contribution in [-0.4, -0.2) is 33.6 Å². The normalized spacial score (nSPS) is 12.6. The molecule has 2 aromatic rings. The van der Waals surface area contributed by atoms with Crippen LogP contribution >= 0.6 is 0 Å². The Bertz CT molecular complexity index is 549. The molecule has 21 heavy (non-hydrogen) atoms. The fourth-order valence-electron chi connectivity index (χ4n) is 2.14. The average Bonchev–Trinajstić information content (AvgIpc) is 2.96. The second kappa shape index (κ2) is 7.17. The van der Waals surface area contributed by atoms with Crippen LogP contribution in [0.4, 0.5) is 0 Å². The van der Waals surface area contributed by atoms with Crippen molar-refractivity contribution in [1.29, 1.82) is 0 Å². The third kappa shape index (κ3) is 4.01. The Hall–Kier alpha value is -1.95. The molecule has 0 aliphatic heterocycles. The highest BCUT2D eigenvalue weighted by Crippen LogP contribution is 2.17. The van der Waals surface area contributed by atoms with E-state index in [1.165, 1.54) is 0 Å². The molecule has 0 aliphatic carbocycles. The van der Waals surface area contributed by atoms with Gasteiger partial charge >= 0.3 is 0 Å². The third-order valence-corrected chi connectivity index (χ3v) is 3.28. The molecule has 1 N–H and O–H groups in total. The predicted molar refractivity (Wildman–Crippen MR) is 81.3 cm³/mol. The summed E-state index contributed by atoms with van der Waals surface area (Å²) in [4.78, 5) is 0. The van der Waals surface area contributed by atoms with E-state index in [-0.39, 0.29) is 6.04 Å². The van der Waals surface area contributed by atoms with Crippen molar-refractivity contribution in [3.63, 3.8) is 0 Å². The molecule has 6 heteroatoms. The molecule has 0 aliphatic rings. The first-order valence-electron chi connectivity index (χ1n) is 7.29. The van der Waals surface area contributed by atoms with Gasteiger partial charge in [-0.25, -0.2) is 0 Å². The van der Waals surface area contributed by atoms with Gasteiger partial charge in [0.15, 0.2) is 0 Å². The fourth-order valence-corrected chi connectivity index (χ4v) is 2.14. The van der Waals surface area contributed by atoms with Crippen LogP contribution in [0, 0.1) is 0 Å². The lowest BCUT2D eigenvalue weighted by atomic mass is 10.1. The Morgan fingerprint density at radius 3 is 2.57 bits per heavy atom. The van der Waals surface area contributed by atoms with Gasteiger partial charge in [0, 0.05) is 24.7 Å². The second-order valence-corrected chi connectivity index (χ2v) is 5.20. The molecule has 1 unspecified atom stereocenters. The molecule has 0 saturated heterocycles. The van der Waals surface area contributed by atoms with E-state index in [4.69, 9.17) is 4.74 Å². The highest BCUT2D eigenvalue weighted by Gasteiger charge is 2.15. The van der Waals surface area contributed by atoms with Crippen LogP contribution in [0.15, 0.2) is 24.4 Å². The molecule has 2 rings (SSSR count). The standard InChI is InChI=1S/C15H23N5O/c1-5-16-14(13-6-7-15(21-4)18-17-13)10-12-8-9-20(19-12)11(2)3/h6-9,11,14,16H,5,10H2,1-4H3. The van der Waals surface area contributed by atoms with Gasteiger partial charge in [-0.05, 0) is 32.5 Å². The fraction of sp³-hybridized carbons (Fsp3) is 0.533. The largest absolute Gasteiger partial charge is 0.480 e. The number of ether oxygens (including phenoxy) is 1. The van der Waals surface area contributed by atoms with Gasteiger partial charge in [0.25, 0.3) is 0 Å². The number of methoxy groups -OCH3 is 1. The number of nitrogens with one attached hydrogen (secondary N) is 1. The summed E-state index contributed by atoms with van der Waals surface area (Å²) >= 11 is 0. The molecule has 2 heterocycles. The quantitative estimate of drug-likeness (QED) is 0.846. The van der Waals surface area contributed by atoms with E-state index in [1.807, 2.05) is 23.0 Å². The Labute approximate surface area is 125 Å². The number of rotatable bonds is 7. The molecular formula is C15H23N5O. The average molecular weight is 289 g/mol. The molecule has 114 valence electrons. The molecule has 0 spiro atoms. The zero-order chi connectivity index (χ0) is 15.2. The summed E-state index contributed by atoms with van der Waals surface area (Å²) in [6.07, 6.45) is 2.80. The molecule has 0 amide bonds. The number of hydrogen-bond donors (Lipinski definition) is 1. The molecule has 0 saturated carbocycles. The Morgan fingerprint density at radius 2 is 2.05 bits per heavy atom. The second-order valence-electron chi connectivity index (χ2n) is 5.20. The zero-order valence-electron chi connectivity index (χ0n) is 13.1. The molecule has 0 aromatic carbocycles. The number of hydrogen-bond acceptors (Lipinski definition) is 5. The maximum atomic E-state index is 5.05. The van der Waals surface area contributed by atoms with Crippen molar-refractivity contribution in [3.05, 3.63) is 35.8 Å². The van der Waals surface area contributed by atoms with Gasteiger partial charge < -0.3 is 10.1 Å². The predicted octanol–water partition coefficient (Wildman–Crippen LogP) is 2.16. The van der Waals surface area contributed by atoms with Gasteiger partial charge in [-0.2, -0.15) is 10.2 Å². The molecular weight excluding hydrogens is 266 g/mol. The van der Waals surface area contributed by atoms with E-state index < -0.39 is 0 Å². The Kier molecular flexibility index (Phi) is 5.27. The Balaban J connectivity index is 2.13. The minimum absolute atomic E-state index is 0.101. The maximum absolute atomic E-state index is 5.05. The SMILES string of the molecule is CCNC(Cc1ccn(C(C)C)n1)c1ccc(OC)nn1. The van der Waals surface area contributed by atoms with Crippen molar-refractivity contribution in [3.8, 4) is 5.88 Å². The van der Waals surface area contributed by atoms with E-state index in [1.54, 1.807) is 7.11 Å². The summed E-state index contributed by atoms with van der Waals surface area (Å²) in [5.74, 6) is 0.526. The summed E-state index contributed by atoms with van der Waals surface area (Å²) in [6.45, 7) is 7.18. The third-order valence-electron chi connectivity index (χ3n) is 3.28. The first kappa shape index (κ1) is 15.4. The molecule has 6 nitrogen and oxygen atoms in total. The van der Waals surface area contributed by atoms with Crippen molar-refractivity contribution >= 4 is 0 Å². The molecule has 2 aromatic heterocycles. The summed E-state index contributed by atoms with van der Waals surface area (Å²) < 4.78 is 7.02. The topological polar surface area (TPSA) is 64.9 Å². The first-order chi connectivity index (χ1) is 10.1. The van der Waals surface area contributed by atoms with E-state index in [9.17, 15) is 0 Å². The number of nitrogens with zero attached hydrogens (tertiary/aromatic N) is 4. The molecule has 1 atom stereocenters. The summed E-state index contributed by atoms with van der Waals surface area (Å²) in [6, 6.07) is 6.31. The van der Waals surface area contributed by atoms with Crippen molar-refractivity contribution < 1.29 is 4.74 Å². The van der Waals surface area contributed by atoms with Crippen LogP contribution in [0.1, 0.15) is 44.2 Å². The zero-order valence-corrected chi connectivity index (χ0v) is 13.1. The highest BCUT2D eigenvalue weighted by atomic mass is 16.5. The van der Waals surface area contributed by atoms with Gasteiger partial charge in [-0.1, -0.05) is 6.92 Å². The van der Waals surface area contributed by atoms with Crippen molar-refractivity contribution in [1.82, 2.24) is 25.3 Å². The smallest absolute Gasteiger partial charge is 0.233 e. The lowest BCUT2D eigenvalue weighted by Gasteiger charge is -2.16. The van der Waals surface area contributed by atoms with Crippen LogP contribution in [-0.2, 0) is 6.42 Å². The maximum Gasteiger partial charge on any atom is 0.233 e. The highest BCUT2D eigenvalue weighted by molar-refractivity contribution is 5.16. The summed E-state index contributed by atoms with van der Waals surface area (Å²) in [5, 5.41) is 16.3. The van der Waals surface area contributed by atoms with Crippen molar-refractivity contribution in [2.45, 2.75) is 39.3 Å². The van der Waals surface area contributed by atoms with Gasteiger partial charge in [0.05, 0.1) is 24.5 Å². The van der Waals surface area contributed by atoms with Gasteiger partial charge in [-0.3, -0.25) is 4.68 Å². The Morgan fingerprint density at radius 1 is 1.24 bits per heavy atom. The van der Waals surface area contributed by atoms with Gasteiger partial charge in [0.2, 0.25) is 5.88 Å². The number of aromatic nitrogens is 4. The van der Waals surface area contributed by atoms with Crippen LogP contribution in [0.3, 0.4) is 0 Å². The van der Waals surface area contributed by atoms with Crippen LogP contribution in [0.25, 0.3) is 0 Å².